The van der Waals surface area contributed by atoms with E-state index in [1.54, 1.807) is 30.4 Å². The zero-order chi connectivity index (χ0) is 26.8. The van der Waals surface area contributed by atoms with Gasteiger partial charge in [0, 0.05) is 45.0 Å². The fourth-order valence-corrected chi connectivity index (χ4v) is 4.93. The fourth-order valence-electron chi connectivity index (χ4n) is 4.93. The van der Waals surface area contributed by atoms with Crippen molar-refractivity contribution in [2.24, 2.45) is 7.05 Å². The van der Waals surface area contributed by atoms with Crippen LogP contribution >= 0.6 is 0 Å². The molecule has 1 aliphatic rings. The number of aryl methyl sites for hydroxylation is 1. The van der Waals surface area contributed by atoms with Crippen LogP contribution in [0.2, 0.25) is 0 Å². The van der Waals surface area contributed by atoms with Gasteiger partial charge in [-0.2, -0.15) is 10.2 Å². The second-order valence-electron chi connectivity index (χ2n) is 9.32. The maximum absolute atomic E-state index is 12.9. The van der Waals surface area contributed by atoms with Crippen LogP contribution in [0.3, 0.4) is 0 Å². The summed E-state index contributed by atoms with van der Waals surface area (Å²) < 4.78 is 9.24. The van der Waals surface area contributed by atoms with Crippen molar-refractivity contribution in [3.63, 3.8) is 0 Å². The first-order valence-corrected chi connectivity index (χ1v) is 12.8. The molecule has 0 bridgehead atoms. The molecule has 0 saturated carbocycles. The van der Waals surface area contributed by atoms with Crippen molar-refractivity contribution in [1.82, 2.24) is 34.8 Å². The number of carbonyl (C=O) groups excluding carboxylic acids is 1. The van der Waals surface area contributed by atoms with Gasteiger partial charge >= 0.3 is 0 Å². The Labute approximate surface area is 225 Å². The Morgan fingerprint density at radius 2 is 1.77 bits per heavy atom. The number of nitrogens with one attached hydrogen (secondary N) is 1. The Balaban J connectivity index is 1.18. The van der Waals surface area contributed by atoms with E-state index >= 15 is 0 Å². The summed E-state index contributed by atoms with van der Waals surface area (Å²) in [6.45, 7) is 3.40. The lowest BCUT2D eigenvalue weighted by Crippen LogP contribution is -2.47. The SMILES string of the molecule is COc1ccc(C(=O)NCc2ccnn2C)cc1N1CCN(c2ncnc3c2cnn3-c2ccccc2)CC1. The largest absolute Gasteiger partial charge is 0.495 e. The lowest BCUT2D eigenvalue weighted by molar-refractivity contribution is 0.0950. The van der Waals surface area contributed by atoms with Crippen LogP contribution in [0.4, 0.5) is 11.5 Å². The normalized spacial score (nSPS) is 13.6. The number of rotatable bonds is 7. The third-order valence-corrected chi connectivity index (χ3v) is 7.06. The molecule has 0 unspecified atom stereocenters. The Morgan fingerprint density at radius 3 is 2.51 bits per heavy atom. The smallest absolute Gasteiger partial charge is 0.251 e. The number of methoxy groups -OCH3 is 1. The van der Waals surface area contributed by atoms with Crippen LogP contribution in [0.5, 0.6) is 5.75 Å². The number of nitrogens with zero attached hydrogens (tertiary/aromatic N) is 8. The van der Waals surface area contributed by atoms with Crippen LogP contribution in [-0.4, -0.2) is 68.7 Å². The number of hydrogen-bond acceptors (Lipinski definition) is 8. The van der Waals surface area contributed by atoms with Crippen molar-refractivity contribution in [3.8, 4) is 11.4 Å². The molecule has 0 spiro atoms. The van der Waals surface area contributed by atoms with Crippen molar-refractivity contribution in [2.45, 2.75) is 6.54 Å². The van der Waals surface area contributed by atoms with Crippen molar-refractivity contribution in [1.29, 1.82) is 0 Å². The average molecular weight is 524 g/mol. The molecule has 198 valence electrons. The molecule has 0 aliphatic carbocycles. The van der Waals surface area contributed by atoms with Crippen molar-refractivity contribution in [2.75, 3.05) is 43.1 Å². The van der Waals surface area contributed by atoms with Crippen LogP contribution in [0.25, 0.3) is 16.7 Å². The Kier molecular flexibility index (Phi) is 6.54. The number of aromatic nitrogens is 6. The van der Waals surface area contributed by atoms with Crippen molar-refractivity contribution >= 4 is 28.4 Å². The second-order valence-corrected chi connectivity index (χ2v) is 9.32. The first-order chi connectivity index (χ1) is 19.1. The zero-order valence-corrected chi connectivity index (χ0v) is 21.9. The van der Waals surface area contributed by atoms with Crippen LogP contribution in [0.15, 0.2) is 73.3 Å². The van der Waals surface area contributed by atoms with Gasteiger partial charge in [0.15, 0.2) is 5.65 Å². The average Bonchev–Trinajstić information content (AvgIpc) is 3.62. The van der Waals surface area contributed by atoms with Crippen LogP contribution in [0, 0.1) is 0 Å². The third kappa shape index (κ3) is 4.74. The molecule has 1 saturated heterocycles. The molecule has 1 N–H and O–H groups in total. The zero-order valence-electron chi connectivity index (χ0n) is 21.9. The topological polar surface area (TPSA) is 106 Å². The number of piperazine rings is 1. The van der Waals surface area contributed by atoms with Gasteiger partial charge in [0.2, 0.25) is 0 Å². The van der Waals surface area contributed by atoms with Gasteiger partial charge in [0.25, 0.3) is 5.91 Å². The standard InChI is InChI=1S/C28H29N9O2/c1-34-22(10-11-32-34)17-29-28(38)20-8-9-25(39-2)24(16-20)35-12-14-36(15-13-35)26-23-18-33-37(27(23)31-19-30-26)21-6-4-3-5-7-21/h3-11,16,18-19H,12-15,17H2,1-2H3,(H,29,38). The number of anilines is 2. The van der Waals surface area contributed by atoms with Gasteiger partial charge in [-0.05, 0) is 36.4 Å². The monoisotopic (exact) mass is 523 g/mol. The van der Waals surface area contributed by atoms with E-state index in [0.717, 1.165) is 65.8 Å². The lowest BCUT2D eigenvalue weighted by Gasteiger charge is -2.37. The molecule has 2 aromatic carbocycles. The van der Waals surface area contributed by atoms with E-state index in [9.17, 15) is 4.79 Å². The van der Waals surface area contributed by atoms with Crippen LogP contribution in [-0.2, 0) is 13.6 Å². The molecule has 11 heteroatoms. The van der Waals surface area contributed by atoms with Crippen molar-refractivity contribution < 1.29 is 9.53 Å². The summed E-state index contributed by atoms with van der Waals surface area (Å²) in [5, 5.41) is 12.6. The molecule has 39 heavy (non-hydrogen) atoms. The molecule has 0 atom stereocenters. The number of hydrogen-bond donors (Lipinski definition) is 1. The van der Waals surface area contributed by atoms with E-state index in [4.69, 9.17) is 4.74 Å². The maximum Gasteiger partial charge on any atom is 0.251 e. The molecule has 11 nitrogen and oxygen atoms in total. The van der Waals surface area contributed by atoms with E-state index in [-0.39, 0.29) is 5.91 Å². The van der Waals surface area contributed by atoms with E-state index in [1.165, 1.54) is 0 Å². The number of amides is 1. The predicted molar refractivity (Wildman–Crippen MR) is 148 cm³/mol. The van der Waals surface area contributed by atoms with Gasteiger partial charge in [0.05, 0.1) is 42.3 Å². The summed E-state index contributed by atoms with van der Waals surface area (Å²) in [6.07, 6.45) is 5.15. The number of para-hydroxylation sites is 1. The molecule has 1 fully saturated rings. The lowest BCUT2D eigenvalue weighted by atomic mass is 10.1. The predicted octanol–water partition coefficient (Wildman–Crippen LogP) is 2.81. The number of carbonyl (C=O) groups is 1. The molecule has 4 heterocycles. The van der Waals surface area contributed by atoms with Gasteiger partial charge in [0.1, 0.15) is 17.9 Å². The number of benzene rings is 2. The van der Waals surface area contributed by atoms with Crippen molar-refractivity contribution in [3.05, 3.63) is 84.6 Å². The van der Waals surface area contributed by atoms with Crippen LogP contribution < -0.4 is 19.9 Å². The number of fused-ring (bicyclic) bond motifs is 1. The third-order valence-electron chi connectivity index (χ3n) is 7.06. The molecule has 1 amide bonds. The summed E-state index contributed by atoms with van der Waals surface area (Å²) >= 11 is 0. The summed E-state index contributed by atoms with van der Waals surface area (Å²) in [5.41, 5.74) is 4.15. The Bertz CT molecular complexity index is 1600. The van der Waals surface area contributed by atoms with Gasteiger partial charge in [-0.15, -0.1) is 0 Å². The number of ether oxygens (including phenoxy) is 1. The van der Waals surface area contributed by atoms with Gasteiger partial charge in [-0.1, -0.05) is 18.2 Å². The minimum absolute atomic E-state index is 0.141. The second kappa shape index (κ2) is 10.4. The summed E-state index contributed by atoms with van der Waals surface area (Å²) in [7, 11) is 3.51. The maximum atomic E-state index is 12.9. The summed E-state index contributed by atoms with van der Waals surface area (Å²) in [6, 6.07) is 17.4. The van der Waals surface area contributed by atoms with Gasteiger partial charge in [-0.3, -0.25) is 9.48 Å². The molecule has 1 aliphatic heterocycles. The minimum Gasteiger partial charge on any atom is -0.495 e. The van der Waals surface area contributed by atoms with Gasteiger partial charge < -0.3 is 19.9 Å². The van der Waals surface area contributed by atoms with E-state index in [2.05, 4.69) is 35.3 Å². The minimum atomic E-state index is -0.141. The molecule has 5 aromatic rings. The molecular weight excluding hydrogens is 494 g/mol. The van der Waals surface area contributed by atoms with Gasteiger partial charge in [-0.25, -0.2) is 14.6 Å². The van der Waals surface area contributed by atoms with E-state index in [1.807, 2.05) is 66.5 Å². The Hall–Kier alpha value is -4.93. The quantitative estimate of drug-likeness (QED) is 0.347. The highest BCUT2D eigenvalue weighted by molar-refractivity contribution is 5.95. The molecule has 0 radical (unpaired) electrons. The highest BCUT2D eigenvalue weighted by Gasteiger charge is 2.24. The summed E-state index contributed by atoms with van der Waals surface area (Å²) in [4.78, 5) is 26.6. The van der Waals surface area contributed by atoms with E-state index < -0.39 is 0 Å². The highest BCUT2D eigenvalue weighted by atomic mass is 16.5. The molecular formula is C28H29N9O2. The first-order valence-electron chi connectivity index (χ1n) is 12.8. The van der Waals surface area contributed by atoms with E-state index in [0.29, 0.717) is 12.1 Å². The summed E-state index contributed by atoms with van der Waals surface area (Å²) in [5.74, 6) is 1.47. The first kappa shape index (κ1) is 24.4. The highest BCUT2D eigenvalue weighted by Crippen LogP contribution is 2.32. The molecule has 6 rings (SSSR count). The molecule has 3 aromatic heterocycles. The fraction of sp³-hybridized carbons (Fsp3) is 0.250. The Morgan fingerprint density at radius 1 is 0.974 bits per heavy atom. The van der Waals surface area contributed by atoms with Crippen LogP contribution in [0.1, 0.15) is 16.1 Å².